The van der Waals surface area contributed by atoms with Gasteiger partial charge in [0.25, 0.3) is 0 Å². The minimum Gasteiger partial charge on any atom is -0.357 e. The second-order valence-electron chi connectivity index (χ2n) is 4.70. The Labute approximate surface area is 106 Å². The first kappa shape index (κ1) is 11.9. The summed E-state index contributed by atoms with van der Waals surface area (Å²) in [6.07, 6.45) is 4.48. The average Bonchev–Trinajstić information content (AvgIpc) is 2.30. The summed E-state index contributed by atoms with van der Waals surface area (Å²) in [5, 5.41) is 0. The van der Waals surface area contributed by atoms with Crippen molar-refractivity contribution in [1.29, 1.82) is 0 Å². The number of halogens is 1. The molecule has 0 aromatic carbocycles. The average molecular weight is 283 g/mol. The number of aryl methyl sites for hydroxylation is 1. The molecule has 0 radical (unpaired) electrons. The Balaban J connectivity index is 1.96. The van der Waals surface area contributed by atoms with Crippen LogP contribution in [0, 0.1) is 12.8 Å². The van der Waals surface area contributed by atoms with Crippen molar-refractivity contribution < 1.29 is 0 Å². The Hall–Kier alpha value is -0.570. The molecule has 0 spiro atoms. The molecule has 1 aliphatic rings. The molecule has 1 fully saturated rings. The lowest BCUT2D eigenvalue weighted by Gasteiger charge is -2.34. The van der Waals surface area contributed by atoms with Crippen molar-refractivity contribution in [3.05, 3.63) is 23.9 Å². The molecule has 1 unspecified atom stereocenters. The SMILES string of the molecule is Cc1ccc(N2CCC(C(C)Br)CC2)nc1. The molecule has 16 heavy (non-hydrogen) atoms. The van der Waals surface area contributed by atoms with Gasteiger partial charge < -0.3 is 4.90 Å². The van der Waals surface area contributed by atoms with Crippen molar-refractivity contribution in [3.63, 3.8) is 0 Å². The highest BCUT2D eigenvalue weighted by Gasteiger charge is 2.22. The summed E-state index contributed by atoms with van der Waals surface area (Å²) in [4.78, 5) is 7.52. The van der Waals surface area contributed by atoms with Gasteiger partial charge in [-0.25, -0.2) is 4.98 Å². The molecule has 0 amide bonds. The Morgan fingerprint density at radius 2 is 2.06 bits per heavy atom. The van der Waals surface area contributed by atoms with E-state index in [0.717, 1.165) is 24.8 Å². The zero-order valence-corrected chi connectivity index (χ0v) is 11.6. The third-order valence-electron chi connectivity index (χ3n) is 3.41. The highest BCUT2D eigenvalue weighted by Crippen LogP contribution is 2.27. The van der Waals surface area contributed by atoms with Gasteiger partial charge in [-0.2, -0.15) is 0 Å². The number of pyridine rings is 1. The smallest absolute Gasteiger partial charge is 0.128 e. The van der Waals surface area contributed by atoms with Crippen LogP contribution in [0.25, 0.3) is 0 Å². The van der Waals surface area contributed by atoms with Gasteiger partial charge in [-0.05, 0) is 37.3 Å². The van der Waals surface area contributed by atoms with E-state index in [0.29, 0.717) is 4.83 Å². The van der Waals surface area contributed by atoms with Crippen molar-refractivity contribution in [2.75, 3.05) is 18.0 Å². The van der Waals surface area contributed by atoms with Gasteiger partial charge in [0.15, 0.2) is 0 Å². The van der Waals surface area contributed by atoms with Gasteiger partial charge in [-0.1, -0.05) is 28.9 Å². The van der Waals surface area contributed by atoms with Crippen LogP contribution in [-0.4, -0.2) is 22.9 Å². The lowest BCUT2D eigenvalue weighted by Crippen LogP contribution is -2.36. The van der Waals surface area contributed by atoms with E-state index < -0.39 is 0 Å². The fourth-order valence-electron chi connectivity index (χ4n) is 2.23. The number of nitrogens with zero attached hydrogens (tertiary/aromatic N) is 2. The molecule has 1 atom stereocenters. The molecule has 0 N–H and O–H groups in total. The molecule has 1 saturated heterocycles. The lowest BCUT2D eigenvalue weighted by atomic mass is 9.94. The van der Waals surface area contributed by atoms with E-state index in [1.807, 2.05) is 6.20 Å². The zero-order valence-electron chi connectivity index (χ0n) is 9.99. The molecule has 88 valence electrons. The van der Waals surface area contributed by atoms with Gasteiger partial charge in [-0.15, -0.1) is 0 Å². The number of aromatic nitrogens is 1. The Morgan fingerprint density at radius 1 is 1.38 bits per heavy atom. The number of anilines is 1. The first-order valence-electron chi connectivity index (χ1n) is 5.98. The summed E-state index contributed by atoms with van der Waals surface area (Å²) < 4.78 is 0. The quantitative estimate of drug-likeness (QED) is 0.773. The molecule has 2 heterocycles. The Kier molecular flexibility index (Phi) is 3.85. The van der Waals surface area contributed by atoms with Gasteiger partial charge in [-0.3, -0.25) is 0 Å². The van der Waals surface area contributed by atoms with Gasteiger partial charge in [0.05, 0.1) is 0 Å². The molecule has 0 saturated carbocycles. The number of piperidine rings is 1. The van der Waals surface area contributed by atoms with Crippen LogP contribution in [0.15, 0.2) is 18.3 Å². The van der Waals surface area contributed by atoms with Crippen LogP contribution in [0.2, 0.25) is 0 Å². The van der Waals surface area contributed by atoms with Crippen LogP contribution < -0.4 is 4.90 Å². The molecular formula is C13H19BrN2. The molecule has 2 rings (SSSR count). The van der Waals surface area contributed by atoms with E-state index in [-0.39, 0.29) is 0 Å². The van der Waals surface area contributed by atoms with Crippen molar-refractivity contribution in [2.45, 2.75) is 31.5 Å². The highest BCUT2D eigenvalue weighted by molar-refractivity contribution is 9.09. The number of rotatable bonds is 2. The van der Waals surface area contributed by atoms with Gasteiger partial charge in [0.2, 0.25) is 0 Å². The van der Waals surface area contributed by atoms with Crippen molar-refractivity contribution >= 4 is 21.7 Å². The third-order valence-corrected chi connectivity index (χ3v) is 4.16. The van der Waals surface area contributed by atoms with Crippen molar-refractivity contribution in [2.24, 2.45) is 5.92 Å². The van der Waals surface area contributed by atoms with Crippen LogP contribution in [0.5, 0.6) is 0 Å². The fourth-order valence-corrected chi connectivity index (χ4v) is 2.76. The van der Waals surface area contributed by atoms with E-state index in [1.165, 1.54) is 18.4 Å². The molecular weight excluding hydrogens is 264 g/mol. The first-order chi connectivity index (χ1) is 7.66. The van der Waals surface area contributed by atoms with E-state index in [2.05, 4.69) is 51.8 Å². The Morgan fingerprint density at radius 3 is 2.56 bits per heavy atom. The van der Waals surface area contributed by atoms with Gasteiger partial charge in [0, 0.05) is 24.1 Å². The minimum absolute atomic E-state index is 0.639. The van der Waals surface area contributed by atoms with Crippen LogP contribution in [-0.2, 0) is 0 Å². The van der Waals surface area contributed by atoms with Gasteiger partial charge in [0.1, 0.15) is 5.82 Å². The standard InChI is InChI=1S/C13H19BrN2/c1-10-3-4-13(15-9-10)16-7-5-12(6-8-16)11(2)14/h3-4,9,11-12H,5-8H2,1-2H3. The van der Waals surface area contributed by atoms with Crippen LogP contribution in [0.3, 0.4) is 0 Å². The fraction of sp³-hybridized carbons (Fsp3) is 0.615. The normalized spacial score (nSPS) is 19.8. The predicted octanol–water partition coefficient (Wildman–Crippen LogP) is 3.39. The summed E-state index contributed by atoms with van der Waals surface area (Å²) in [6, 6.07) is 4.27. The second kappa shape index (κ2) is 5.17. The second-order valence-corrected chi connectivity index (χ2v) is 6.14. The summed E-state index contributed by atoms with van der Waals surface area (Å²) in [5.74, 6) is 1.95. The monoisotopic (exact) mass is 282 g/mol. The highest BCUT2D eigenvalue weighted by atomic mass is 79.9. The molecule has 1 aromatic rings. The molecule has 1 aromatic heterocycles. The summed E-state index contributed by atoms with van der Waals surface area (Å²) in [5.41, 5.74) is 1.23. The summed E-state index contributed by atoms with van der Waals surface area (Å²) >= 11 is 3.69. The van der Waals surface area contributed by atoms with Crippen LogP contribution in [0.1, 0.15) is 25.3 Å². The molecule has 2 nitrogen and oxygen atoms in total. The van der Waals surface area contributed by atoms with Crippen LogP contribution >= 0.6 is 15.9 Å². The largest absolute Gasteiger partial charge is 0.357 e. The lowest BCUT2D eigenvalue weighted by molar-refractivity contribution is 0.405. The zero-order chi connectivity index (χ0) is 11.5. The van der Waals surface area contributed by atoms with E-state index in [1.54, 1.807) is 0 Å². The third kappa shape index (κ3) is 2.76. The van der Waals surface area contributed by atoms with Crippen LogP contribution in [0.4, 0.5) is 5.82 Å². The topological polar surface area (TPSA) is 16.1 Å². The maximum absolute atomic E-state index is 4.49. The molecule has 1 aliphatic heterocycles. The van der Waals surface area contributed by atoms with E-state index in [4.69, 9.17) is 0 Å². The molecule has 0 aliphatic carbocycles. The number of alkyl halides is 1. The first-order valence-corrected chi connectivity index (χ1v) is 6.90. The minimum atomic E-state index is 0.639. The van der Waals surface area contributed by atoms with Gasteiger partial charge >= 0.3 is 0 Å². The maximum atomic E-state index is 4.49. The summed E-state index contributed by atoms with van der Waals surface area (Å²) in [6.45, 7) is 6.60. The number of hydrogen-bond donors (Lipinski definition) is 0. The van der Waals surface area contributed by atoms with Crippen molar-refractivity contribution in [1.82, 2.24) is 4.98 Å². The molecule has 0 bridgehead atoms. The molecule has 3 heteroatoms. The van der Waals surface area contributed by atoms with Crippen molar-refractivity contribution in [3.8, 4) is 0 Å². The van der Waals surface area contributed by atoms with E-state index >= 15 is 0 Å². The summed E-state index contributed by atoms with van der Waals surface area (Å²) in [7, 11) is 0. The Bertz CT molecular complexity index is 326. The predicted molar refractivity (Wildman–Crippen MR) is 72.3 cm³/mol. The number of hydrogen-bond acceptors (Lipinski definition) is 2. The van der Waals surface area contributed by atoms with E-state index in [9.17, 15) is 0 Å². The maximum Gasteiger partial charge on any atom is 0.128 e.